The van der Waals surface area contributed by atoms with Crippen LogP contribution in [0.3, 0.4) is 0 Å². The number of hydrogen-bond acceptors (Lipinski definition) is 1. The molecule has 82 valence electrons. The van der Waals surface area contributed by atoms with Gasteiger partial charge in [0.1, 0.15) is 0 Å². The normalized spacial score (nSPS) is 13.1. The van der Waals surface area contributed by atoms with E-state index >= 15 is 0 Å². The van der Waals surface area contributed by atoms with E-state index in [0.29, 0.717) is 5.73 Å². The Kier molecular flexibility index (Phi) is 6.05. The molecule has 0 bridgehead atoms. The molecule has 1 aromatic carbocycles. The van der Waals surface area contributed by atoms with Crippen molar-refractivity contribution in [2.24, 2.45) is 0 Å². The van der Waals surface area contributed by atoms with E-state index in [9.17, 15) is 0 Å². The summed E-state index contributed by atoms with van der Waals surface area (Å²) in [6, 6.07) is 10.7. The molecule has 0 amide bonds. The van der Waals surface area contributed by atoms with E-state index < -0.39 is 0 Å². The van der Waals surface area contributed by atoms with Crippen LogP contribution in [-0.4, -0.2) is 21.9 Å². The fourth-order valence-corrected chi connectivity index (χ4v) is 3.52. The van der Waals surface area contributed by atoms with Crippen LogP contribution in [0, 0.1) is 0 Å². The van der Waals surface area contributed by atoms with Crippen LogP contribution in [0.1, 0.15) is 19.8 Å². The Labute approximate surface area is 95.0 Å². The van der Waals surface area contributed by atoms with Gasteiger partial charge in [-0.25, -0.2) is 0 Å². The largest absolute Gasteiger partial charge is 0.382 e. The van der Waals surface area contributed by atoms with E-state index in [1.54, 1.807) is 0 Å². The highest BCUT2D eigenvalue weighted by molar-refractivity contribution is 6.54. The van der Waals surface area contributed by atoms with Crippen molar-refractivity contribution in [3.63, 3.8) is 0 Å². The van der Waals surface area contributed by atoms with Crippen LogP contribution in [0.25, 0.3) is 0 Å². The van der Waals surface area contributed by atoms with Crippen molar-refractivity contribution in [3.8, 4) is 0 Å². The van der Waals surface area contributed by atoms with Gasteiger partial charge >= 0.3 is 0 Å². The lowest BCUT2D eigenvalue weighted by atomic mass is 10.3. The minimum atomic E-state index is -0.299. The van der Waals surface area contributed by atoms with Gasteiger partial charge in [0.25, 0.3) is 0 Å². The average molecular weight is 220 g/mol. The Morgan fingerprint density at radius 1 is 1.40 bits per heavy atom. The van der Waals surface area contributed by atoms with Crippen LogP contribution >= 0.6 is 0 Å². The van der Waals surface area contributed by atoms with E-state index in [1.807, 2.05) is 6.08 Å². The Hall–Kier alpha value is -0.863. The van der Waals surface area contributed by atoms with Gasteiger partial charge in [0.15, 0.2) is 0 Å². The second-order valence-corrected chi connectivity index (χ2v) is 5.77. The van der Waals surface area contributed by atoms with Gasteiger partial charge in [-0.1, -0.05) is 41.6 Å². The predicted molar refractivity (Wildman–Crippen MR) is 69.5 cm³/mol. The molecule has 0 fully saturated rings. The summed E-state index contributed by atoms with van der Waals surface area (Å²) in [5.74, 6) is 0. The summed E-state index contributed by atoms with van der Waals surface area (Å²) >= 11 is 0. The molecular formula is C13H20OSi. The van der Waals surface area contributed by atoms with Crippen LogP contribution in [0.15, 0.2) is 43.0 Å². The smallest absolute Gasteiger partial charge is 0.0887 e. The van der Waals surface area contributed by atoms with Gasteiger partial charge in [0.2, 0.25) is 0 Å². The van der Waals surface area contributed by atoms with Crippen molar-refractivity contribution in [3.05, 3.63) is 43.0 Å². The van der Waals surface area contributed by atoms with Crippen LogP contribution < -0.4 is 5.19 Å². The minimum absolute atomic E-state index is 0.299. The molecule has 15 heavy (non-hydrogen) atoms. The molecule has 0 saturated carbocycles. The van der Waals surface area contributed by atoms with E-state index in [0.717, 1.165) is 19.4 Å². The van der Waals surface area contributed by atoms with Crippen molar-refractivity contribution in [2.45, 2.75) is 25.5 Å². The number of benzene rings is 1. The fourth-order valence-electron chi connectivity index (χ4n) is 1.66. The second-order valence-electron chi connectivity index (χ2n) is 3.63. The SMILES string of the molecule is C=CCCC(OCC)[SiH2]c1ccccc1. The van der Waals surface area contributed by atoms with Crippen LogP contribution in [-0.2, 0) is 4.74 Å². The first-order valence-corrected chi connectivity index (χ1v) is 7.15. The maximum absolute atomic E-state index is 5.76. The van der Waals surface area contributed by atoms with Crippen LogP contribution in [0.5, 0.6) is 0 Å². The maximum Gasteiger partial charge on any atom is 0.0887 e. The van der Waals surface area contributed by atoms with Crippen molar-refractivity contribution < 1.29 is 4.74 Å². The van der Waals surface area contributed by atoms with Gasteiger partial charge in [-0.2, -0.15) is 0 Å². The standard InChI is InChI=1S/C13H20OSi/c1-3-5-11-13(14-4-2)15-12-9-7-6-8-10-12/h3,6-10,13H,1,4-5,11,15H2,2H3. The van der Waals surface area contributed by atoms with Gasteiger partial charge in [-0.15, -0.1) is 6.58 Å². The lowest BCUT2D eigenvalue weighted by molar-refractivity contribution is 0.112. The number of hydrogen-bond donors (Lipinski definition) is 0. The summed E-state index contributed by atoms with van der Waals surface area (Å²) in [5, 5.41) is 1.49. The van der Waals surface area contributed by atoms with Crippen molar-refractivity contribution >= 4 is 14.7 Å². The van der Waals surface area contributed by atoms with Crippen molar-refractivity contribution in [2.75, 3.05) is 6.61 Å². The van der Waals surface area contributed by atoms with Gasteiger partial charge < -0.3 is 4.74 Å². The zero-order valence-electron chi connectivity index (χ0n) is 9.49. The van der Waals surface area contributed by atoms with Crippen LogP contribution in [0.4, 0.5) is 0 Å². The lowest BCUT2D eigenvalue weighted by Gasteiger charge is -2.15. The Bertz CT molecular complexity index is 271. The zero-order chi connectivity index (χ0) is 10.9. The third kappa shape index (κ3) is 4.95. The summed E-state index contributed by atoms with van der Waals surface area (Å²) in [6.07, 6.45) is 4.16. The number of allylic oxidation sites excluding steroid dienone is 1. The molecule has 0 heterocycles. The molecular weight excluding hydrogens is 200 g/mol. The van der Waals surface area contributed by atoms with Crippen molar-refractivity contribution in [1.29, 1.82) is 0 Å². The maximum atomic E-state index is 5.76. The first-order chi connectivity index (χ1) is 7.36. The molecule has 1 rings (SSSR count). The molecule has 1 aromatic rings. The molecule has 0 aliphatic carbocycles. The van der Waals surface area contributed by atoms with E-state index in [4.69, 9.17) is 4.74 Å². The summed E-state index contributed by atoms with van der Waals surface area (Å²) in [4.78, 5) is 0. The predicted octanol–water partition coefficient (Wildman–Crippen LogP) is 1.81. The van der Waals surface area contributed by atoms with Crippen molar-refractivity contribution in [1.82, 2.24) is 0 Å². The summed E-state index contributed by atoms with van der Waals surface area (Å²) in [5.41, 5.74) is 0.468. The van der Waals surface area contributed by atoms with Gasteiger partial charge in [0.05, 0.1) is 9.52 Å². The molecule has 0 aliphatic rings. The lowest BCUT2D eigenvalue weighted by Crippen LogP contribution is -2.30. The molecule has 0 spiro atoms. The highest BCUT2D eigenvalue weighted by Gasteiger charge is 2.08. The summed E-state index contributed by atoms with van der Waals surface area (Å²) in [7, 11) is -0.299. The molecule has 1 atom stereocenters. The highest BCUT2D eigenvalue weighted by atomic mass is 28.2. The van der Waals surface area contributed by atoms with Gasteiger partial charge in [-0.3, -0.25) is 0 Å². The number of ether oxygens (including phenoxy) is 1. The first-order valence-electron chi connectivity index (χ1n) is 5.63. The van der Waals surface area contributed by atoms with E-state index in [-0.39, 0.29) is 9.52 Å². The highest BCUT2D eigenvalue weighted by Crippen LogP contribution is 2.01. The average Bonchev–Trinajstić information content (AvgIpc) is 2.28. The number of rotatable bonds is 7. The molecule has 0 N–H and O–H groups in total. The summed E-state index contributed by atoms with van der Waals surface area (Å²) < 4.78 is 5.76. The Balaban J connectivity index is 2.46. The molecule has 0 aromatic heterocycles. The van der Waals surface area contributed by atoms with Crippen LogP contribution in [0.2, 0.25) is 0 Å². The monoisotopic (exact) mass is 220 g/mol. The molecule has 1 unspecified atom stereocenters. The molecule has 2 heteroatoms. The van der Waals surface area contributed by atoms with Gasteiger partial charge in [0, 0.05) is 12.3 Å². The Morgan fingerprint density at radius 3 is 2.73 bits per heavy atom. The molecule has 1 nitrogen and oxygen atoms in total. The fraction of sp³-hybridized carbons (Fsp3) is 0.385. The molecule has 0 radical (unpaired) electrons. The van der Waals surface area contributed by atoms with Gasteiger partial charge in [-0.05, 0) is 19.8 Å². The molecule has 0 saturated heterocycles. The zero-order valence-corrected chi connectivity index (χ0v) is 10.9. The quantitative estimate of drug-likeness (QED) is 0.503. The molecule has 0 aliphatic heterocycles. The third-order valence-corrected chi connectivity index (χ3v) is 4.44. The van der Waals surface area contributed by atoms with E-state index in [2.05, 4.69) is 43.8 Å². The Morgan fingerprint density at radius 2 is 2.13 bits per heavy atom. The summed E-state index contributed by atoms with van der Waals surface area (Å²) in [6.45, 7) is 6.65. The topological polar surface area (TPSA) is 9.23 Å². The second kappa shape index (κ2) is 7.43. The first kappa shape index (κ1) is 12.2. The minimum Gasteiger partial charge on any atom is -0.382 e. The van der Waals surface area contributed by atoms with E-state index in [1.165, 1.54) is 5.19 Å². The third-order valence-electron chi connectivity index (χ3n) is 2.40.